The Labute approximate surface area is 203 Å². The Kier molecular flexibility index (Phi) is 5.23. The summed E-state index contributed by atoms with van der Waals surface area (Å²) in [5.74, 6) is 3.70. The van der Waals surface area contributed by atoms with Gasteiger partial charge in [0.05, 0.1) is 0 Å². The zero-order valence-electron chi connectivity index (χ0n) is 17.5. The second kappa shape index (κ2) is 8.54. The van der Waals surface area contributed by atoms with E-state index in [0.717, 1.165) is 22.6 Å². The molecule has 0 saturated carbocycles. The first kappa shape index (κ1) is 20.8. The predicted molar refractivity (Wildman–Crippen MR) is 125 cm³/mol. The lowest BCUT2D eigenvalue weighted by Gasteiger charge is -2.12. The molecule has 10 nitrogen and oxygen atoms in total. The molecule has 172 valence electrons. The molecular weight excluding hydrogens is 483 g/mol. The van der Waals surface area contributed by atoms with Crippen LogP contribution in [0, 0.1) is 0 Å². The molecule has 0 spiro atoms. The predicted octanol–water partition coefficient (Wildman–Crippen LogP) is 4.41. The van der Waals surface area contributed by atoms with Gasteiger partial charge in [-0.05, 0) is 58.6 Å². The van der Waals surface area contributed by atoms with Gasteiger partial charge in [-0.1, -0.05) is 12.1 Å². The first-order valence-electron chi connectivity index (χ1n) is 10.3. The zero-order chi connectivity index (χ0) is 23.1. The third kappa shape index (κ3) is 4.02. The number of aromatic nitrogens is 4. The van der Waals surface area contributed by atoms with E-state index in [9.17, 15) is 0 Å². The molecule has 2 aliphatic heterocycles. The van der Waals surface area contributed by atoms with E-state index in [1.165, 1.54) is 0 Å². The number of ether oxygens (including phenoxy) is 4. The molecule has 0 unspecified atom stereocenters. The topological polar surface area (TPSA) is 113 Å². The van der Waals surface area contributed by atoms with Crippen LogP contribution in [0.15, 0.2) is 36.4 Å². The van der Waals surface area contributed by atoms with E-state index in [-0.39, 0.29) is 24.2 Å². The van der Waals surface area contributed by atoms with Crippen molar-refractivity contribution in [2.24, 2.45) is 0 Å². The second-order valence-electron chi connectivity index (χ2n) is 7.46. The molecule has 2 aliphatic rings. The fourth-order valence-corrected chi connectivity index (χ4v) is 4.02. The summed E-state index contributed by atoms with van der Waals surface area (Å²) in [7, 11) is 0. The third-order valence-corrected chi connectivity index (χ3v) is 5.62. The Balaban J connectivity index is 1.27. The summed E-state index contributed by atoms with van der Waals surface area (Å²) >= 11 is 12.5. The van der Waals surface area contributed by atoms with Gasteiger partial charge in [-0.2, -0.15) is 9.97 Å². The van der Waals surface area contributed by atoms with Crippen LogP contribution in [0.3, 0.4) is 0 Å². The highest BCUT2D eigenvalue weighted by Crippen LogP contribution is 2.34. The maximum atomic E-state index is 6.23. The molecule has 4 heterocycles. The standard InChI is InChI=1S/C22H16Cl2N6O4/c23-21-28-18-17(19(29-21)25-7-11-1-3-13-15(5-11)33-9-31-13)27-22(24)30-20(18)26-8-12-2-4-14-16(6-12)34-10-32-14/h1-6H,7-10H2,(H,25,28,29)(H,26,27,30). The van der Waals surface area contributed by atoms with E-state index in [4.69, 9.17) is 42.1 Å². The van der Waals surface area contributed by atoms with Crippen LogP contribution in [0.1, 0.15) is 11.1 Å². The Hall–Kier alpha value is -3.76. The highest BCUT2D eigenvalue weighted by molar-refractivity contribution is 6.30. The van der Waals surface area contributed by atoms with Crippen molar-refractivity contribution in [1.82, 2.24) is 19.9 Å². The van der Waals surface area contributed by atoms with Crippen molar-refractivity contribution in [2.45, 2.75) is 13.1 Å². The Morgan fingerprint density at radius 3 is 1.53 bits per heavy atom. The SMILES string of the molecule is Clc1nc(NCc2ccc3c(c2)OCO3)c2nc(Cl)nc(NCc3ccc4c(c3)OCO4)c2n1. The van der Waals surface area contributed by atoms with Crippen LogP contribution in [-0.2, 0) is 13.1 Å². The average molecular weight is 499 g/mol. The molecular formula is C22H16Cl2N6O4. The summed E-state index contributed by atoms with van der Waals surface area (Å²) in [5.41, 5.74) is 2.82. The number of benzene rings is 2. The summed E-state index contributed by atoms with van der Waals surface area (Å²) in [5, 5.41) is 6.61. The highest BCUT2D eigenvalue weighted by Gasteiger charge is 2.18. The minimum absolute atomic E-state index is 0.0535. The molecule has 0 saturated heterocycles. The van der Waals surface area contributed by atoms with Crippen molar-refractivity contribution in [3.05, 3.63) is 58.1 Å². The van der Waals surface area contributed by atoms with Crippen molar-refractivity contribution < 1.29 is 18.9 Å². The average Bonchev–Trinajstić information content (AvgIpc) is 3.50. The van der Waals surface area contributed by atoms with Gasteiger partial charge in [0.2, 0.25) is 24.2 Å². The van der Waals surface area contributed by atoms with E-state index in [1.807, 2.05) is 36.4 Å². The van der Waals surface area contributed by atoms with Gasteiger partial charge >= 0.3 is 0 Å². The number of hydrogen-bond acceptors (Lipinski definition) is 10. The summed E-state index contributed by atoms with van der Waals surface area (Å²) < 4.78 is 21.6. The number of nitrogens with zero attached hydrogens (tertiary/aromatic N) is 4. The van der Waals surface area contributed by atoms with Gasteiger partial charge in [-0.15, -0.1) is 0 Å². The van der Waals surface area contributed by atoms with Crippen LogP contribution in [0.4, 0.5) is 11.6 Å². The monoisotopic (exact) mass is 498 g/mol. The number of halogens is 2. The lowest BCUT2D eigenvalue weighted by Crippen LogP contribution is -2.08. The lowest BCUT2D eigenvalue weighted by molar-refractivity contribution is 0.173. The molecule has 12 heteroatoms. The minimum atomic E-state index is 0.0535. The van der Waals surface area contributed by atoms with Crippen LogP contribution in [0.25, 0.3) is 11.0 Å². The van der Waals surface area contributed by atoms with Crippen LogP contribution in [0.2, 0.25) is 10.6 Å². The fraction of sp³-hybridized carbons (Fsp3) is 0.182. The summed E-state index contributed by atoms with van der Waals surface area (Å²) in [6.45, 7) is 1.33. The molecule has 2 aromatic heterocycles. The van der Waals surface area contributed by atoms with Gasteiger partial charge in [0.1, 0.15) is 11.0 Å². The maximum absolute atomic E-state index is 6.23. The van der Waals surface area contributed by atoms with E-state index >= 15 is 0 Å². The van der Waals surface area contributed by atoms with E-state index in [2.05, 4.69) is 30.6 Å². The molecule has 4 aromatic rings. The molecule has 34 heavy (non-hydrogen) atoms. The van der Waals surface area contributed by atoms with E-state index in [0.29, 0.717) is 47.3 Å². The highest BCUT2D eigenvalue weighted by atomic mass is 35.5. The quantitative estimate of drug-likeness (QED) is 0.370. The van der Waals surface area contributed by atoms with Gasteiger partial charge in [0.15, 0.2) is 34.6 Å². The molecule has 0 atom stereocenters. The van der Waals surface area contributed by atoms with Gasteiger partial charge in [-0.25, -0.2) is 9.97 Å². The summed E-state index contributed by atoms with van der Waals surface area (Å²) in [6, 6.07) is 11.4. The van der Waals surface area contributed by atoms with E-state index in [1.54, 1.807) is 0 Å². The van der Waals surface area contributed by atoms with Gasteiger partial charge < -0.3 is 29.6 Å². The number of nitrogens with one attached hydrogen (secondary N) is 2. The number of fused-ring (bicyclic) bond motifs is 3. The molecule has 2 aromatic carbocycles. The first-order chi connectivity index (χ1) is 16.6. The van der Waals surface area contributed by atoms with E-state index < -0.39 is 0 Å². The number of rotatable bonds is 6. The molecule has 0 radical (unpaired) electrons. The zero-order valence-corrected chi connectivity index (χ0v) is 19.0. The Morgan fingerprint density at radius 2 is 1.06 bits per heavy atom. The van der Waals surface area contributed by atoms with Crippen LogP contribution in [0.5, 0.6) is 23.0 Å². The van der Waals surface area contributed by atoms with Gasteiger partial charge in [0, 0.05) is 13.1 Å². The third-order valence-electron chi connectivity index (χ3n) is 5.28. The van der Waals surface area contributed by atoms with Crippen molar-refractivity contribution >= 4 is 45.9 Å². The molecule has 2 N–H and O–H groups in total. The molecule has 6 rings (SSSR count). The maximum Gasteiger partial charge on any atom is 0.231 e. The largest absolute Gasteiger partial charge is 0.454 e. The number of hydrogen-bond donors (Lipinski definition) is 2. The minimum Gasteiger partial charge on any atom is -0.454 e. The smallest absolute Gasteiger partial charge is 0.231 e. The first-order valence-corrected chi connectivity index (χ1v) is 11.0. The number of anilines is 2. The fourth-order valence-electron chi connectivity index (χ4n) is 3.68. The molecule has 0 aliphatic carbocycles. The summed E-state index contributed by atoms with van der Waals surface area (Å²) in [4.78, 5) is 17.3. The van der Waals surface area contributed by atoms with Crippen molar-refractivity contribution in [3.63, 3.8) is 0 Å². The van der Waals surface area contributed by atoms with Crippen molar-refractivity contribution in [3.8, 4) is 23.0 Å². The lowest BCUT2D eigenvalue weighted by atomic mass is 10.2. The van der Waals surface area contributed by atoms with Crippen LogP contribution < -0.4 is 29.6 Å². The molecule has 0 fully saturated rings. The second-order valence-corrected chi connectivity index (χ2v) is 8.14. The molecule has 0 bridgehead atoms. The van der Waals surface area contributed by atoms with Crippen LogP contribution in [-0.4, -0.2) is 33.5 Å². The summed E-state index contributed by atoms with van der Waals surface area (Å²) in [6.07, 6.45) is 0. The molecule has 0 amide bonds. The van der Waals surface area contributed by atoms with Crippen molar-refractivity contribution in [1.29, 1.82) is 0 Å². The van der Waals surface area contributed by atoms with Gasteiger partial charge in [-0.3, -0.25) is 0 Å². The van der Waals surface area contributed by atoms with Crippen LogP contribution >= 0.6 is 23.2 Å². The Bertz CT molecular complexity index is 1310. The van der Waals surface area contributed by atoms with Crippen molar-refractivity contribution in [2.75, 3.05) is 24.2 Å². The Morgan fingerprint density at radius 1 is 0.618 bits per heavy atom. The van der Waals surface area contributed by atoms with Gasteiger partial charge in [0.25, 0.3) is 0 Å². The normalized spacial score (nSPS) is 13.4.